The second kappa shape index (κ2) is 9.41. The summed E-state index contributed by atoms with van der Waals surface area (Å²) in [6.07, 6.45) is 0. The Labute approximate surface area is 134 Å². The first kappa shape index (κ1) is 18.4. The molecule has 0 fully saturated rings. The zero-order valence-corrected chi connectivity index (χ0v) is 14.4. The van der Waals surface area contributed by atoms with Gasteiger partial charge in [-0.1, -0.05) is 19.1 Å². The van der Waals surface area contributed by atoms with Crippen LogP contribution in [0.25, 0.3) is 0 Å². The molecular formula is C17H29FN4. The summed E-state index contributed by atoms with van der Waals surface area (Å²) in [5.41, 5.74) is 1.06. The summed E-state index contributed by atoms with van der Waals surface area (Å²) in [5.74, 6) is 0.645. The third-order valence-corrected chi connectivity index (χ3v) is 3.72. The number of aliphatic imine (C=N–C) groups is 1. The maximum absolute atomic E-state index is 12.9. The van der Waals surface area contributed by atoms with Crippen molar-refractivity contribution in [1.29, 1.82) is 0 Å². The Balaban J connectivity index is 2.48. The van der Waals surface area contributed by atoms with Gasteiger partial charge in [-0.25, -0.2) is 4.39 Å². The first-order valence-corrected chi connectivity index (χ1v) is 7.88. The van der Waals surface area contributed by atoms with E-state index in [9.17, 15) is 4.39 Å². The van der Waals surface area contributed by atoms with Gasteiger partial charge in [0.25, 0.3) is 0 Å². The van der Waals surface area contributed by atoms with E-state index in [-0.39, 0.29) is 5.82 Å². The van der Waals surface area contributed by atoms with Crippen LogP contribution in [0.1, 0.15) is 26.3 Å². The number of benzene rings is 1. The topological polar surface area (TPSA) is 30.9 Å². The smallest absolute Gasteiger partial charge is 0.193 e. The lowest BCUT2D eigenvalue weighted by Crippen LogP contribution is -2.43. The van der Waals surface area contributed by atoms with Crippen molar-refractivity contribution in [3.8, 4) is 0 Å². The molecule has 0 aliphatic carbocycles. The highest BCUT2D eigenvalue weighted by Gasteiger charge is 2.09. The average Bonchev–Trinajstić information content (AvgIpc) is 2.49. The standard InChI is InChI=1S/C17H29FN4/c1-6-22(14(2)3)12-11-20-17(19-4)21(5)13-15-7-9-16(18)10-8-15/h7-10,14H,6,11-13H2,1-5H3,(H,19,20). The summed E-state index contributed by atoms with van der Waals surface area (Å²) in [6, 6.07) is 7.13. The average molecular weight is 308 g/mol. The molecule has 0 radical (unpaired) electrons. The van der Waals surface area contributed by atoms with Crippen molar-refractivity contribution in [2.24, 2.45) is 4.99 Å². The quantitative estimate of drug-likeness (QED) is 0.620. The van der Waals surface area contributed by atoms with Crippen molar-refractivity contribution in [2.75, 3.05) is 33.7 Å². The number of halogens is 1. The molecule has 5 heteroatoms. The molecular weight excluding hydrogens is 279 g/mol. The van der Waals surface area contributed by atoms with Gasteiger partial charge in [0.1, 0.15) is 5.82 Å². The van der Waals surface area contributed by atoms with Crippen LogP contribution in [0.5, 0.6) is 0 Å². The van der Waals surface area contributed by atoms with Gasteiger partial charge in [-0.2, -0.15) is 0 Å². The summed E-state index contributed by atoms with van der Waals surface area (Å²) < 4.78 is 12.9. The monoisotopic (exact) mass is 308 g/mol. The molecule has 4 nitrogen and oxygen atoms in total. The third-order valence-electron chi connectivity index (χ3n) is 3.72. The van der Waals surface area contributed by atoms with Crippen LogP contribution in [-0.2, 0) is 6.54 Å². The number of nitrogens with zero attached hydrogens (tertiary/aromatic N) is 3. The SMILES string of the molecule is CCN(CCNC(=NC)N(C)Cc1ccc(F)cc1)C(C)C. The number of rotatable bonds is 7. The Morgan fingerprint density at radius 3 is 2.41 bits per heavy atom. The fourth-order valence-corrected chi connectivity index (χ4v) is 2.42. The Kier molecular flexibility index (Phi) is 7.88. The van der Waals surface area contributed by atoms with E-state index in [0.717, 1.165) is 31.2 Å². The molecule has 0 bridgehead atoms. The highest BCUT2D eigenvalue weighted by atomic mass is 19.1. The van der Waals surface area contributed by atoms with Crippen molar-refractivity contribution < 1.29 is 4.39 Å². The summed E-state index contributed by atoms with van der Waals surface area (Å²) in [7, 11) is 3.77. The van der Waals surface area contributed by atoms with E-state index < -0.39 is 0 Å². The van der Waals surface area contributed by atoms with Crippen LogP contribution in [0.3, 0.4) is 0 Å². The van der Waals surface area contributed by atoms with Crippen LogP contribution in [0.15, 0.2) is 29.3 Å². The van der Waals surface area contributed by atoms with Gasteiger partial charge >= 0.3 is 0 Å². The lowest BCUT2D eigenvalue weighted by Gasteiger charge is -2.27. The van der Waals surface area contributed by atoms with E-state index in [2.05, 4.69) is 36.0 Å². The summed E-state index contributed by atoms with van der Waals surface area (Å²) in [6.45, 7) is 10.2. The lowest BCUT2D eigenvalue weighted by atomic mass is 10.2. The van der Waals surface area contributed by atoms with Gasteiger partial charge in [0, 0.05) is 39.8 Å². The molecule has 0 saturated carbocycles. The Hall–Kier alpha value is -1.62. The fraction of sp³-hybridized carbons (Fsp3) is 0.588. The molecule has 0 heterocycles. The van der Waals surface area contributed by atoms with E-state index in [1.807, 2.05) is 11.9 Å². The first-order chi connectivity index (χ1) is 10.5. The zero-order valence-electron chi connectivity index (χ0n) is 14.4. The molecule has 124 valence electrons. The molecule has 0 spiro atoms. The largest absolute Gasteiger partial charge is 0.355 e. The molecule has 0 unspecified atom stereocenters. The van der Waals surface area contributed by atoms with Crippen LogP contribution in [0, 0.1) is 5.82 Å². The zero-order chi connectivity index (χ0) is 16.5. The van der Waals surface area contributed by atoms with Gasteiger partial charge in [0.15, 0.2) is 5.96 Å². The van der Waals surface area contributed by atoms with Crippen LogP contribution >= 0.6 is 0 Å². The molecule has 1 rings (SSSR count). The number of hydrogen-bond donors (Lipinski definition) is 1. The van der Waals surface area contributed by atoms with Crippen molar-refractivity contribution in [1.82, 2.24) is 15.1 Å². The van der Waals surface area contributed by atoms with Gasteiger partial charge in [-0.15, -0.1) is 0 Å². The minimum Gasteiger partial charge on any atom is -0.355 e. The van der Waals surface area contributed by atoms with E-state index in [0.29, 0.717) is 12.6 Å². The molecule has 1 aromatic carbocycles. The van der Waals surface area contributed by atoms with E-state index in [1.54, 1.807) is 19.2 Å². The Bertz CT molecular complexity index is 456. The third kappa shape index (κ3) is 6.02. The van der Waals surface area contributed by atoms with E-state index >= 15 is 0 Å². The summed E-state index contributed by atoms with van der Waals surface area (Å²) >= 11 is 0. The normalized spacial score (nSPS) is 12.1. The first-order valence-electron chi connectivity index (χ1n) is 7.88. The van der Waals surface area contributed by atoms with E-state index in [1.165, 1.54) is 12.1 Å². The highest BCUT2D eigenvalue weighted by molar-refractivity contribution is 5.79. The second-order valence-electron chi connectivity index (χ2n) is 5.68. The predicted octanol–water partition coefficient (Wildman–Crippen LogP) is 2.56. The second-order valence-corrected chi connectivity index (χ2v) is 5.68. The van der Waals surface area contributed by atoms with Crippen molar-refractivity contribution in [2.45, 2.75) is 33.4 Å². The summed E-state index contributed by atoms with van der Waals surface area (Å²) in [4.78, 5) is 8.75. The fourth-order valence-electron chi connectivity index (χ4n) is 2.42. The molecule has 0 saturated heterocycles. The van der Waals surface area contributed by atoms with Gasteiger partial charge in [-0.3, -0.25) is 9.89 Å². The molecule has 0 amide bonds. The van der Waals surface area contributed by atoms with Crippen molar-refractivity contribution >= 4 is 5.96 Å². The van der Waals surface area contributed by atoms with Crippen LogP contribution in [0.4, 0.5) is 4.39 Å². The van der Waals surface area contributed by atoms with Crippen LogP contribution < -0.4 is 5.32 Å². The number of hydrogen-bond acceptors (Lipinski definition) is 2. The molecule has 0 atom stereocenters. The molecule has 1 aromatic rings. The van der Waals surface area contributed by atoms with Gasteiger partial charge in [0.05, 0.1) is 0 Å². The van der Waals surface area contributed by atoms with Crippen LogP contribution in [0.2, 0.25) is 0 Å². The highest BCUT2D eigenvalue weighted by Crippen LogP contribution is 2.05. The molecule has 22 heavy (non-hydrogen) atoms. The van der Waals surface area contributed by atoms with Crippen molar-refractivity contribution in [3.05, 3.63) is 35.6 Å². The Morgan fingerprint density at radius 1 is 1.27 bits per heavy atom. The minimum absolute atomic E-state index is 0.206. The maximum Gasteiger partial charge on any atom is 0.193 e. The van der Waals surface area contributed by atoms with Gasteiger partial charge in [0.2, 0.25) is 0 Å². The van der Waals surface area contributed by atoms with Gasteiger partial charge in [-0.05, 0) is 38.1 Å². The maximum atomic E-state index is 12.9. The minimum atomic E-state index is -0.206. The van der Waals surface area contributed by atoms with E-state index in [4.69, 9.17) is 0 Å². The predicted molar refractivity (Wildman–Crippen MR) is 91.6 cm³/mol. The number of likely N-dealkylation sites (N-methyl/N-ethyl adjacent to an activating group) is 1. The molecule has 1 N–H and O–H groups in total. The number of nitrogens with one attached hydrogen (secondary N) is 1. The van der Waals surface area contributed by atoms with Gasteiger partial charge < -0.3 is 10.2 Å². The number of guanidine groups is 1. The van der Waals surface area contributed by atoms with Crippen molar-refractivity contribution in [3.63, 3.8) is 0 Å². The summed E-state index contributed by atoms with van der Waals surface area (Å²) in [5, 5.41) is 3.38. The lowest BCUT2D eigenvalue weighted by molar-refractivity contribution is 0.236. The molecule has 0 aliphatic heterocycles. The molecule has 0 aromatic heterocycles. The Morgan fingerprint density at radius 2 is 1.91 bits per heavy atom. The van der Waals surface area contributed by atoms with Crippen LogP contribution in [-0.4, -0.2) is 55.5 Å². The molecule has 0 aliphatic rings.